The number of methoxy groups -OCH3 is 1. The van der Waals surface area contributed by atoms with Crippen molar-refractivity contribution in [3.63, 3.8) is 0 Å². The van der Waals surface area contributed by atoms with Crippen LogP contribution in [0.5, 0.6) is 5.75 Å². The Morgan fingerprint density at radius 1 is 0.958 bits per heavy atom. The van der Waals surface area contributed by atoms with E-state index < -0.39 is 11.8 Å². The Morgan fingerprint density at radius 3 is 2.08 bits per heavy atom. The Bertz CT molecular complexity index is 782. The molecule has 2 rings (SSSR count). The predicted octanol–water partition coefficient (Wildman–Crippen LogP) is 2.61. The molecule has 2 aromatic rings. The van der Waals surface area contributed by atoms with Crippen molar-refractivity contribution >= 4 is 11.8 Å². The van der Waals surface area contributed by atoms with Gasteiger partial charge in [-0.25, -0.2) is 0 Å². The topological polar surface area (TPSA) is 95.4 Å². The van der Waals surface area contributed by atoms with E-state index in [0.717, 1.165) is 16.7 Å². The molecule has 0 fully saturated rings. The SMILES string of the molecule is COc1cc(Cc2ccc(C(C)C)c(C(N)=O)c2)ccc1C(N)=O. The minimum absolute atomic E-state index is 0.219. The van der Waals surface area contributed by atoms with Crippen LogP contribution in [0.25, 0.3) is 0 Å². The first-order valence-corrected chi connectivity index (χ1v) is 7.72. The number of rotatable bonds is 6. The normalized spacial score (nSPS) is 10.7. The summed E-state index contributed by atoms with van der Waals surface area (Å²) in [6.07, 6.45) is 0.591. The zero-order chi connectivity index (χ0) is 17.9. The van der Waals surface area contributed by atoms with Gasteiger partial charge in [0, 0.05) is 5.56 Å². The van der Waals surface area contributed by atoms with Crippen molar-refractivity contribution in [2.24, 2.45) is 11.5 Å². The van der Waals surface area contributed by atoms with Gasteiger partial charge in [0.05, 0.1) is 12.7 Å². The van der Waals surface area contributed by atoms with E-state index in [4.69, 9.17) is 16.2 Å². The van der Waals surface area contributed by atoms with Gasteiger partial charge >= 0.3 is 0 Å². The fourth-order valence-electron chi connectivity index (χ4n) is 2.72. The van der Waals surface area contributed by atoms with E-state index in [1.807, 2.05) is 38.1 Å². The number of ether oxygens (including phenoxy) is 1. The van der Waals surface area contributed by atoms with E-state index in [2.05, 4.69) is 0 Å². The lowest BCUT2D eigenvalue weighted by molar-refractivity contribution is 0.0989. The van der Waals surface area contributed by atoms with Gasteiger partial charge in [0.1, 0.15) is 5.75 Å². The molecule has 24 heavy (non-hydrogen) atoms. The summed E-state index contributed by atoms with van der Waals surface area (Å²) in [4.78, 5) is 23.1. The molecule has 0 spiro atoms. The second kappa shape index (κ2) is 7.17. The molecule has 0 radical (unpaired) electrons. The first-order chi connectivity index (χ1) is 11.3. The van der Waals surface area contributed by atoms with Gasteiger partial charge in [0.2, 0.25) is 5.91 Å². The number of hydrogen-bond donors (Lipinski definition) is 2. The maximum Gasteiger partial charge on any atom is 0.252 e. The van der Waals surface area contributed by atoms with Crippen molar-refractivity contribution in [2.45, 2.75) is 26.2 Å². The number of amides is 2. The van der Waals surface area contributed by atoms with Gasteiger partial charge in [-0.2, -0.15) is 0 Å². The van der Waals surface area contributed by atoms with Crippen molar-refractivity contribution < 1.29 is 14.3 Å². The molecule has 0 saturated carbocycles. The molecule has 4 N–H and O–H groups in total. The Kier molecular flexibility index (Phi) is 5.24. The summed E-state index contributed by atoms with van der Waals surface area (Å²) in [5.41, 5.74) is 14.6. The van der Waals surface area contributed by atoms with Crippen LogP contribution < -0.4 is 16.2 Å². The number of hydrogen-bond acceptors (Lipinski definition) is 3. The van der Waals surface area contributed by atoms with Gasteiger partial charge in [-0.3, -0.25) is 9.59 Å². The van der Waals surface area contributed by atoms with Crippen LogP contribution in [0.2, 0.25) is 0 Å². The smallest absolute Gasteiger partial charge is 0.252 e. The van der Waals surface area contributed by atoms with Gasteiger partial charge < -0.3 is 16.2 Å². The molecule has 0 aliphatic heterocycles. The maximum atomic E-state index is 11.7. The molecule has 0 saturated heterocycles. The van der Waals surface area contributed by atoms with Gasteiger partial charge in [0.15, 0.2) is 0 Å². The zero-order valence-electron chi connectivity index (χ0n) is 14.1. The van der Waals surface area contributed by atoms with Crippen LogP contribution in [-0.2, 0) is 6.42 Å². The number of primary amides is 2. The van der Waals surface area contributed by atoms with Gasteiger partial charge in [-0.1, -0.05) is 32.0 Å². The zero-order valence-corrected chi connectivity index (χ0v) is 14.1. The lowest BCUT2D eigenvalue weighted by atomic mass is 9.93. The molecule has 0 bridgehead atoms. The highest BCUT2D eigenvalue weighted by molar-refractivity contribution is 5.96. The van der Waals surface area contributed by atoms with Gasteiger partial charge in [0.25, 0.3) is 5.91 Å². The molecule has 0 unspecified atom stereocenters. The standard InChI is InChI=1S/C19H22N2O3/c1-11(2)14-6-4-12(9-16(14)19(21)23)8-13-5-7-15(18(20)22)17(10-13)24-3/h4-7,9-11H,8H2,1-3H3,(H2,20,22)(H2,21,23). The van der Waals surface area contributed by atoms with E-state index in [0.29, 0.717) is 23.3 Å². The fourth-order valence-corrected chi connectivity index (χ4v) is 2.72. The Hall–Kier alpha value is -2.82. The molecule has 2 amide bonds. The van der Waals surface area contributed by atoms with Crippen LogP contribution in [0.15, 0.2) is 36.4 Å². The monoisotopic (exact) mass is 326 g/mol. The Labute approximate surface area is 141 Å². The first-order valence-electron chi connectivity index (χ1n) is 7.72. The summed E-state index contributed by atoms with van der Waals surface area (Å²) in [6, 6.07) is 11.0. The van der Waals surface area contributed by atoms with Crippen LogP contribution in [-0.4, -0.2) is 18.9 Å². The molecule has 5 heteroatoms. The minimum Gasteiger partial charge on any atom is -0.496 e. The lowest BCUT2D eigenvalue weighted by Crippen LogP contribution is -2.15. The van der Waals surface area contributed by atoms with E-state index in [1.165, 1.54) is 7.11 Å². The van der Waals surface area contributed by atoms with Crippen LogP contribution in [0.4, 0.5) is 0 Å². The van der Waals surface area contributed by atoms with Gasteiger partial charge in [-0.15, -0.1) is 0 Å². The molecule has 0 aromatic heterocycles. The highest BCUT2D eigenvalue weighted by Gasteiger charge is 2.13. The van der Waals surface area contributed by atoms with E-state index in [9.17, 15) is 9.59 Å². The summed E-state index contributed by atoms with van der Waals surface area (Å²) in [5, 5.41) is 0. The quantitative estimate of drug-likeness (QED) is 0.854. The third-order valence-corrected chi connectivity index (χ3v) is 3.94. The van der Waals surface area contributed by atoms with E-state index in [1.54, 1.807) is 12.1 Å². The maximum absolute atomic E-state index is 11.7. The molecule has 5 nitrogen and oxygen atoms in total. The number of carbonyl (C=O) groups is 2. The number of carbonyl (C=O) groups excluding carboxylic acids is 2. The van der Waals surface area contributed by atoms with Crippen molar-refractivity contribution in [2.75, 3.05) is 7.11 Å². The molecular formula is C19H22N2O3. The number of benzene rings is 2. The molecule has 2 aromatic carbocycles. The third-order valence-electron chi connectivity index (χ3n) is 3.94. The van der Waals surface area contributed by atoms with Gasteiger partial charge in [-0.05, 0) is 47.2 Å². The minimum atomic E-state index is -0.532. The Balaban J connectivity index is 2.36. The largest absolute Gasteiger partial charge is 0.496 e. The average Bonchev–Trinajstić information content (AvgIpc) is 2.54. The molecule has 0 atom stereocenters. The van der Waals surface area contributed by atoms with E-state index >= 15 is 0 Å². The van der Waals surface area contributed by atoms with Crippen LogP contribution >= 0.6 is 0 Å². The summed E-state index contributed by atoms with van der Waals surface area (Å²) in [7, 11) is 1.49. The summed E-state index contributed by atoms with van der Waals surface area (Å²) in [6.45, 7) is 4.05. The highest BCUT2D eigenvalue weighted by atomic mass is 16.5. The van der Waals surface area contributed by atoms with Crippen LogP contribution in [0.1, 0.15) is 57.2 Å². The second-order valence-electron chi connectivity index (χ2n) is 6.02. The molecular weight excluding hydrogens is 304 g/mol. The van der Waals surface area contributed by atoms with Crippen molar-refractivity contribution in [1.82, 2.24) is 0 Å². The Morgan fingerprint density at radius 2 is 1.54 bits per heavy atom. The highest BCUT2D eigenvalue weighted by Crippen LogP contribution is 2.24. The molecule has 126 valence electrons. The van der Waals surface area contributed by atoms with Crippen molar-refractivity contribution in [3.8, 4) is 5.75 Å². The lowest BCUT2D eigenvalue weighted by Gasteiger charge is -2.13. The van der Waals surface area contributed by atoms with E-state index in [-0.39, 0.29) is 5.92 Å². The summed E-state index contributed by atoms with van der Waals surface area (Å²) in [5.74, 6) is -0.302. The second-order valence-corrected chi connectivity index (χ2v) is 6.02. The molecule has 0 aliphatic carbocycles. The molecule has 0 heterocycles. The fraction of sp³-hybridized carbons (Fsp3) is 0.263. The third kappa shape index (κ3) is 3.74. The molecule has 0 aliphatic rings. The number of nitrogens with two attached hydrogens (primary N) is 2. The predicted molar refractivity (Wildman–Crippen MR) is 93.4 cm³/mol. The van der Waals surface area contributed by atoms with Crippen molar-refractivity contribution in [3.05, 3.63) is 64.2 Å². The van der Waals surface area contributed by atoms with Crippen molar-refractivity contribution in [1.29, 1.82) is 0 Å². The average molecular weight is 326 g/mol. The summed E-state index contributed by atoms with van der Waals surface area (Å²) < 4.78 is 5.22. The first kappa shape index (κ1) is 17.5. The van der Waals surface area contributed by atoms with Crippen LogP contribution in [0, 0.1) is 0 Å². The summed E-state index contributed by atoms with van der Waals surface area (Å²) >= 11 is 0. The van der Waals surface area contributed by atoms with Crippen LogP contribution in [0.3, 0.4) is 0 Å².